The maximum Gasteiger partial charge on any atom is 0.248 e. The van der Waals surface area contributed by atoms with Gasteiger partial charge in [-0.2, -0.15) is 0 Å². The third-order valence-corrected chi connectivity index (χ3v) is 4.95. The van der Waals surface area contributed by atoms with Crippen LogP contribution in [0.2, 0.25) is 0 Å². The molecule has 3 aromatic rings. The Hall–Kier alpha value is -3.68. The van der Waals surface area contributed by atoms with E-state index < -0.39 is 12.0 Å². The van der Waals surface area contributed by atoms with E-state index in [0.29, 0.717) is 12.5 Å². The van der Waals surface area contributed by atoms with Crippen molar-refractivity contribution in [2.45, 2.75) is 19.4 Å². The molecule has 8 heteroatoms. The van der Waals surface area contributed by atoms with Crippen LogP contribution in [0, 0.1) is 5.92 Å². The van der Waals surface area contributed by atoms with E-state index in [1.54, 1.807) is 11.8 Å². The van der Waals surface area contributed by atoms with Gasteiger partial charge in [-0.1, -0.05) is 30.3 Å². The number of nitrogens with zero attached hydrogens (tertiary/aromatic N) is 2. The topological polar surface area (TPSA) is 107 Å². The Balaban J connectivity index is 1.35. The second kappa shape index (κ2) is 7.75. The summed E-state index contributed by atoms with van der Waals surface area (Å²) in [5.74, 6) is -0.978. The number of aromatic nitrogens is 2. The zero-order valence-corrected chi connectivity index (χ0v) is 15.9. The number of H-pyrrole nitrogens is 1. The summed E-state index contributed by atoms with van der Waals surface area (Å²) in [7, 11) is 0. The van der Waals surface area contributed by atoms with Gasteiger partial charge < -0.3 is 15.2 Å². The van der Waals surface area contributed by atoms with E-state index in [2.05, 4.69) is 20.6 Å². The fraction of sp³-hybridized carbons (Fsp3) is 0.238. The van der Waals surface area contributed by atoms with E-state index >= 15 is 0 Å². The second-order valence-corrected chi connectivity index (χ2v) is 7.06. The van der Waals surface area contributed by atoms with Crippen LogP contribution >= 0.6 is 0 Å². The molecule has 0 aliphatic carbocycles. The number of amides is 3. The molecule has 8 nitrogen and oxygen atoms in total. The first-order chi connectivity index (χ1) is 14.0. The molecule has 1 aromatic heterocycles. The smallest absolute Gasteiger partial charge is 0.248 e. The van der Waals surface area contributed by atoms with Crippen LogP contribution in [0.4, 0.5) is 11.6 Å². The van der Waals surface area contributed by atoms with Crippen molar-refractivity contribution in [3.05, 3.63) is 54.6 Å². The van der Waals surface area contributed by atoms with E-state index in [0.717, 1.165) is 16.7 Å². The van der Waals surface area contributed by atoms with Gasteiger partial charge in [0.15, 0.2) is 0 Å². The summed E-state index contributed by atoms with van der Waals surface area (Å²) in [6.07, 6.45) is 0.124. The number of nitrogens with one attached hydrogen (secondary N) is 3. The standard InChI is InChI=1S/C21H21N5O3/c1-13(19(28)25-21-23-16-9-5-6-10-17(16)24-21)22-20(29)14-11-18(27)26(12-14)15-7-3-2-4-8-15/h2-10,13-14H,11-12H2,1H3,(H,22,29)(H2,23,24,25,28)/t13-,14+/m1/s1. The summed E-state index contributed by atoms with van der Waals surface area (Å²) < 4.78 is 0. The largest absolute Gasteiger partial charge is 0.344 e. The van der Waals surface area contributed by atoms with Crippen LogP contribution in [-0.4, -0.2) is 40.3 Å². The molecular formula is C21H21N5O3. The quantitative estimate of drug-likeness (QED) is 0.619. The average molecular weight is 391 g/mol. The number of hydrogen-bond acceptors (Lipinski definition) is 4. The van der Waals surface area contributed by atoms with E-state index in [4.69, 9.17) is 0 Å². The highest BCUT2D eigenvalue weighted by molar-refractivity contribution is 6.02. The summed E-state index contributed by atoms with van der Waals surface area (Å²) in [5.41, 5.74) is 2.32. The first-order valence-electron chi connectivity index (χ1n) is 9.42. The lowest BCUT2D eigenvalue weighted by Crippen LogP contribution is -2.44. The maximum absolute atomic E-state index is 12.6. The number of imidazole rings is 1. The van der Waals surface area contributed by atoms with Crippen LogP contribution in [0.15, 0.2) is 54.6 Å². The van der Waals surface area contributed by atoms with Gasteiger partial charge in [-0.15, -0.1) is 0 Å². The zero-order valence-electron chi connectivity index (χ0n) is 15.9. The number of hydrogen-bond donors (Lipinski definition) is 3. The Morgan fingerprint density at radius 1 is 1.14 bits per heavy atom. The van der Waals surface area contributed by atoms with Crippen molar-refractivity contribution in [1.82, 2.24) is 15.3 Å². The molecule has 0 saturated carbocycles. The molecular weight excluding hydrogens is 370 g/mol. The number of rotatable bonds is 5. The second-order valence-electron chi connectivity index (χ2n) is 7.06. The minimum absolute atomic E-state index is 0.101. The van der Waals surface area contributed by atoms with Crippen molar-refractivity contribution >= 4 is 40.4 Å². The first kappa shape index (κ1) is 18.7. The fourth-order valence-corrected chi connectivity index (χ4v) is 3.37. The summed E-state index contributed by atoms with van der Waals surface area (Å²) in [6.45, 7) is 1.90. The van der Waals surface area contributed by atoms with Gasteiger partial charge in [0.2, 0.25) is 23.7 Å². The third kappa shape index (κ3) is 3.96. The number of fused-ring (bicyclic) bond motifs is 1. The monoisotopic (exact) mass is 391 g/mol. The van der Waals surface area contributed by atoms with Crippen molar-refractivity contribution in [3.63, 3.8) is 0 Å². The molecule has 1 aliphatic heterocycles. The Morgan fingerprint density at radius 3 is 2.62 bits per heavy atom. The van der Waals surface area contributed by atoms with Crippen LogP contribution in [0.5, 0.6) is 0 Å². The SMILES string of the molecule is C[C@@H](NC(=O)[C@H]1CC(=O)N(c2ccccc2)C1)C(=O)Nc1nc2ccccc2[nH]1. The number of anilines is 2. The molecule has 148 valence electrons. The number of benzene rings is 2. The van der Waals surface area contributed by atoms with Gasteiger partial charge in [-0.25, -0.2) is 4.98 Å². The zero-order chi connectivity index (χ0) is 20.4. The van der Waals surface area contributed by atoms with Gasteiger partial charge in [-0.05, 0) is 31.2 Å². The summed E-state index contributed by atoms with van der Waals surface area (Å²) in [6, 6.07) is 15.9. The molecule has 0 spiro atoms. The van der Waals surface area contributed by atoms with E-state index in [9.17, 15) is 14.4 Å². The lowest BCUT2D eigenvalue weighted by Gasteiger charge is -2.18. The van der Waals surface area contributed by atoms with Gasteiger partial charge in [0.1, 0.15) is 6.04 Å². The fourth-order valence-electron chi connectivity index (χ4n) is 3.37. The molecule has 29 heavy (non-hydrogen) atoms. The Labute approximate surface area is 167 Å². The number of para-hydroxylation sites is 3. The highest BCUT2D eigenvalue weighted by atomic mass is 16.2. The van der Waals surface area contributed by atoms with Crippen molar-refractivity contribution in [3.8, 4) is 0 Å². The summed E-state index contributed by atoms with van der Waals surface area (Å²) >= 11 is 0. The van der Waals surface area contributed by atoms with Crippen molar-refractivity contribution < 1.29 is 14.4 Å². The molecule has 1 saturated heterocycles. The van der Waals surface area contributed by atoms with Crippen LogP contribution in [-0.2, 0) is 14.4 Å². The molecule has 1 aliphatic rings. The Morgan fingerprint density at radius 2 is 1.86 bits per heavy atom. The molecule has 3 N–H and O–H groups in total. The van der Waals surface area contributed by atoms with E-state index in [1.165, 1.54) is 0 Å². The van der Waals surface area contributed by atoms with Gasteiger partial charge in [-0.3, -0.25) is 19.7 Å². The summed E-state index contributed by atoms with van der Waals surface area (Å²) in [5, 5.41) is 5.37. The minimum atomic E-state index is -0.767. The first-order valence-corrected chi connectivity index (χ1v) is 9.42. The van der Waals surface area contributed by atoms with Crippen LogP contribution in [0.3, 0.4) is 0 Å². The molecule has 0 unspecified atom stereocenters. The van der Waals surface area contributed by atoms with Crippen LogP contribution < -0.4 is 15.5 Å². The number of carbonyl (C=O) groups excluding carboxylic acids is 3. The van der Waals surface area contributed by atoms with Crippen molar-refractivity contribution in [2.24, 2.45) is 5.92 Å². The highest BCUT2D eigenvalue weighted by Crippen LogP contribution is 2.25. The van der Waals surface area contributed by atoms with E-state index in [1.807, 2.05) is 54.6 Å². The minimum Gasteiger partial charge on any atom is -0.344 e. The molecule has 0 radical (unpaired) electrons. The van der Waals surface area contributed by atoms with E-state index in [-0.39, 0.29) is 24.1 Å². The molecule has 2 aromatic carbocycles. The average Bonchev–Trinajstić information content (AvgIpc) is 3.31. The normalized spacial score (nSPS) is 17.3. The van der Waals surface area contributed by atoms with Gasteiger partial charge in [0.25, 0.3) is 0 Å². The van der Waals surface area contributed by atoms with Gasteiger partial charge >= 0.3 is 0 Å². The number of aromatic amines is 1. The summed E-state index contributed by atoms with van der Waals surface area (Å²) in [4.78, 5) is 46.2. The Kier molecular flexibility index (Phi) is 4.99. The third-order valence-electron chi connectivity index (χ3n) is 4.95. The molecule has 1 fully saturated rings. The molecule has 0 bridgehead atoms. The predicted molar refractivity (Wildman–Crippen MR) is 109 cm³/mol. The predicted octanol–water partition coefficient (Wildman–Crippen LogP) is 2.06. The van der Waals surface area contributed by atoms with Crippen molar-refractivity contribution in [1.29, 1.82) is 0 Å². The highest BCUT2D eigenvalue weighted by Gasteiger charge is 2.36. The molecule has 2 atom stereocenters. The lowest BCUT2D eigenvalue weighted by atomic mass is 10.1. The van der Waals surface area contributed by atoms with Gasteiger partial charge in [0, 0.05) is 18.7 Å². The molecule has 4 rings (SSSR count). The lowest BCUT2D eigenvalue weighted by molar-refractivity contribution is -0.129. The van der Waals surface area contributed by atoms with Crippen molar-refractivity contribution in [2.75, 3.05) is 16.8 Å². The maximum atomic E-state index is 12.6. The van der Waals surface area contributed by atoms with Crippen LogP contribution in [0.1, 0.15) is 13.3 Å². The number of carbonyl (C=O) groups is 3. The molecule has 3 amide bonds. The van der Waals surface area contributed by atoms with Crippen LogP contribution in [0.25, 0.3) is 11.0 Å². The Bertz CT molecular complexity index is 1030. The molecule has 2 heterocycles. The van der Waals surface area contributed by atoms with Gasteiger partial charge in [0.05, 0.1) is 17.0 Å².